The van der Waals surface area contributed by atoms with Crippen molar-refractivity contribution in [1.82, 2.24) is 0 Å². The van der Waals surface area contributed by atoms with E-state index < -0.39 is 12.1 Å². The van der Waals surface area contributed by atoms with Crippen molar-refractivity contribution in [2.45, 2.75) is 6.17 Å². The van der Waals surface area contributed by atoms with Crippen LogP contribution in [-0.4, -0.2) is 20.1 Å². The maximum absolute atomic E-state index is 14.5. The molecule has 5 heteroatoms. The molecular weight excluding hydrogens is 337 g/mol. The molecule has 1 unspecified atom stereocenters. The number of para-hydroxylation sites is 1. The first-order valence-corrected chi connectivity index (χ1v) is 7.14. The molecule has 21 heavy (non-hydrogen) atoms. The van der Waals surface area contributed by atoms with Crippen molar-refractivity contribution in [3.05, 3.63) is 58.6 Å². The van der Waals surface area contributed by atoms with Gasteiger partial charge in [-0.2, -0.15) is 0 Å². The molecule has 0 spiro atoms. The Morgan fingerprint density at radius 2 is 1.95 bits per heavy atom. The zero-order chi connectivity index (χ0) is 15.4. The molecule has 0 aliphatic rings. The van der Waals surface area contributed by atoms with E-state index >= 15 is 0 Å². The van der Waals surface area contributed by atoms with Gasteiger partial charge in [0.15, 0.2) is 0 Å². The van der Waals surface area contributed by atoms with Gasteiger partial charge in [0.25, 0.3) is 5.91 Å². The lowest BCUT2D eigenvalue weighted by Crippen LogP contribution is -2.30. The van der Waals surface area contributed by atoms with E-state index in [1.54, 1.807) is 43.4 Å². The van der Waals surface area contributed by atoms with Crippen LogP contribution in [0.3, 0.4) is 0 Å². The third-order valence-corrected chi connectivity index (χ3v) is 3.82. The van der Waals surface area contributed by atoms with E-state index in [-0.39, 0.29) is 5.56 Å². The van der Waals surface area contributed by atoms with E-state index in [0.29, 0.717) is 11.4 Å². The number of hydrogen-bond acceptors (Lipinski definition) is 2. The second-order valence-electron chi connectivity index (χ2n) is 4.49. The Kier molecular flexibility index (Phi) is 4.96. The molecule has 2 aromatic carbocycles. The summed E-state index contributed by atoms with van der Waals surface area (Å²) in [5, 5.41) is 0. The van der Waals surface area contributed by atoms with Crippen LogP contribution in [0.4, 0.5) is 10.1 Å². The van der Waals surface area contributed by atoms with Crippen molar-refractivity contribution >= 4 is 27.5 Å². The number of nitrogens with zero attached hydrogens (tertiary/aromatic N) is 1. The predicted octanol–water partition coefficient (Wildman–Crippen LogP) is 4.13. The van der Waals surface area contributed by atoms with Crippen molar-refractivity contribution < 1.29 is 13.9 Å². The highest BCUT2D eigenvalue weighted by atomic mass is 79.9. The number of rotatable bonds is 4. The molecule has 3 nitrogen and oxygen atoms in total. The van der Waals surface area contributed by atoms with Gasteiger partial charge in [-0.3, -0.25) is 4.79 Å². The monoisotopic (exact) mass is 351 g/mol. The number of amides is 1. The Morgan fingerprint density at radius 1 is 1.24 bits per heavy atom. The highest BCUT2D eigenvalue weighted by Gasteiger charge is 2.25. The zero-order valence-corrected chi connectivity index (χ0v) is 13.3. The maximum atomic E-state index is 14.5. The van der Waals surface area contributed by atoms with Gasteiger partial charge >= 0.3 is 0 Å². The van der Waals surface area contributed by atoms with Gasteiger partial charge in [-0.05, 0) is 45.8 Å². The number of methoxy groups -OCH3 is 1. The standard InChI is InChI=1S/C16H15BrFNO2/c1-19(14-9-4-3-8-13(14)17)16(20)15(18)11-6-5-7-12(10-11)21-2/h3-10,15H,1-2H3. The van der Waals surface area contributed by atoms with Crippen molar-refractivity contribution in [2.24, 2.45) is 0 Å². The first kappa shape index (κ1) is 15.5. The lowest BCUT2D eigenvalue weighted by molar-refractivity contribution is -0.123. The van der Waals surface area contributed by atoms with Crippen LogP contribution >= 0.6 is 15.9 Å². The van der Waals surface area contributed by atoms with Crippen LogP contribution in [0.25, 0.3) is 0 Å². The van der Waals surface area contributed by atoms with Crippen LogP contribution in [0.15, 0.2) is 53.0 Å². The fourth-order valence-electron chi connectivity index (χ4n) is 1.95. The Balaban J connectivity index is 2.24. The van der Waals surface area contributed by atoms with Gasteiger partial charge in [0.2, 0.25) is 6.17 Å². The second-order valence-corrected chi connectivity index (χ2v) is 5.34. The van der Waals surface area contributed by atoms with Crippen molar-refractivity contribution in [1.29, 1.82) is 0 Å². The number of likely N-dealkylation sites (N-methyl/N-ethyl adjacent to an activating group) is 1. The maximum Gasteiger partial charge on any atom is 0.265 e. The van der Waals surface area contributed by atoms with Crippen LogP contribution in [0.1, 0.15) is 11.7 Å². The quantitative estimate of drug-likeness (QED) is 0.828. The number of alkyl halides is 1. The van der Waals surface area contributed by atoms with Crippen molar-refractivity contribution in [2.75, 3.05) is 19.1 Å². The third kappa shape index (κ3) is 3.42. The lowest BCUT2D eigenvalue weighted by atomic mass is 10.1. The molecule has 1 atom stereocenters. The van der Waals surface area contributed by atoms with Crippen LogP contribution in [-0.2, 0) is 4.79 Å². The molecule has 110 valence electrons. The number of ether oxygens (including phenoxy) is 1. The first-order valence-electron chi connectivity index (χ1n) is 6.34. The van der Waals surface area contributed by atoms with E-state index in [4.69, 9.17) is 4.74 Å². The summed E-state index contributed by atoms with van der Waals surface area (Å²) in [7, 11) is 3.05. The molecule has 0 saturated carbocycles. The van der Waals surface area contributed by atoms with Crippen LogP contribution in [0.2, 0.25) is 0 Å². The number of hydrogen-bond donors (Lipinski definition) is 0. The molecule has 0 saturated heterocycles. The van der Waals surface area contributed by atoms with Gasteiger partial charge in [-0.15, -0.1) is 0 Å². The molecule has 0 N–H and O–H groups in total. The average molecular weight is 352 g/mol. The van der Waals surface area contributed by atoms with Gasteiger partial charge in [0.1, 0.15) is 5.75 Å². The second kappa shape index (κ2) is 6.72. The van der Waals surface area contributed by atoms with E-state index in [2.05, 4.69) is 15.9 Å². The van der Waals surface area contributed by atoms with E-state index in [9.17, 15) is 9.18 Å². The number of carbonyl (C=O) groups excluding carboxylic acids is 1. The van der Waals surface area contributed by atoms with Crippen molar-refractivity contribution in [3.63, 3.8) is 0 Å². The van der Waals surface area contributed by atoms with Crippen LogP contribution in [0, 0.1) is 0 Å². The van der Waals surface area contributed by atoms with Crippen LogP contribution in [0.5, 0.6) is 5.75 Å². The summed E-state index contributed by atoms with van der Waals surface area (Å²) in [4.78, 5) is 13.6. The summed E-state index contributed by atoms with van der Waals surface area (Å²) in [6.45, 7) is 0. The highest BCUT2D eigenvalue weighted by molar-refractivity contribution is 9.10. The van der Waals surface area contributed by atoms with Crippen LogP contribution < -0.4 is 9.64 Å². The number of carbonyl (C=O) groups is 1. The summed E-state index contributed by atoms with van der Waals surface area (Å²) in [5.74, 6) is -0.110. The fourth-order valence-corrected chi connectivity index (χ4v) is 2.50. The molecule has 0 aliphatic carbocycles. The Labute approximate surface area is 131 Å². The normalized spacial score (nSPS) is 11.8. The Hall–Kier alpha value is -1.88. The SMILES string of the molecule is COc1cccc(C(F)C(=O)N(C)c2ccccc2Br)c1. The van der Waals surface area contributed by atoms with E-state index in [0.717, 1.165) is 4.47 Å². The van der Waals surface area contributed by atoms with Gasteiger partial charge < -0.3 is 9.64 Å². The third-order valence-electron chi connectivity index (χ3n) is 3.15. The van der Waals surface area contributed by atoms with Crippen molar-refractivity contribution in [3.8, 4) is 5.75 Å². The minimum absolute atomic E-state index is 0.276. The molecular formula is C16H15BrFNO2. The topological polar surface area (TPSA) is 29.5 Å². The Bertz CT molecular complexity index is 648. The number of benzene rings is 2. The minimum atomic E-state index is -1.74. The molecule has 0 aromatic heterocycles. The van der Waals surface area contributed by atoms with E-state index in [1.807, 2.05) is 6.07 Å². The molecule has 0 bridgehead atoms. The summed E-state index contributed by atoms with van der Waals surface area (Å²) < 4.78 is 20.2. The molecule has 2 aromatic rings. The lowest BCUT2D eigenvalue weighted by Gasteiger charge is -2.21. The Morgan fingerprint density at radius 3 is 2.62 bits per heavy atom. The molecule has 2 rings (SSSR count). The largest absolute Gasteiger partial charge is 0.497 e. The first-order chi connectivity index (χ1) is 10.0. The number of halogens is 2. The summed E-state index contributed by atoms with van der Waals surface area (Å²) in [6, 6.07) is 13.6. The molecule has 0 heterocycles. The van der Waals surface area contributed by atoms with Gasteiger partial charge in [0.05, 0.1) is 12.8 Å². The van der Waals surface area contributed by atoms with Gasteiger partial charge in [-0.1, -0.05) is 24.3 Å². The zero-order valence-electron chi connectivity index (χ0n) is 11.7. The average Bonchev–Trinajstić information content (AvgIpc) is 2.53. The summed E-state index contributed by atoms with van der Waals surface area (Å²) >= 11 is 3.36. The number of anilines is 1. The summed E-state index contributed by atoms with van der Waals surface area (Å²) in [6.07, 6.45) is -1.74. The molecule has 0 aliphatic heterocycles. The van der Waals surface area contributed by atoms with Gasteiger partial charge in [0, 0.05) is 11.5 Å². The predicted molar refractivity (Wildman–Crippen MR) is 84.4 cm³/mol. The minimum Gasteiger partial charge on any atom is -0.497 e. The smallest absolute Gasteiger partial charge is 0.265 e. The summed E-state index contributed by atoms with van der Waals surface area (Å²) in [5.41, 5.74) is 0.895. The molecule has 0 fully saturated rings. The fraction of sp³-hybridized carbons (Fsp3) is 0.188. The van der Waals surface area contributed by atoms with Gasteiger partial charge in [-0.25, -0.2) is 4.39 Å². The highest BCUT2D eigenvalue weighted by Crippen LogP contribution is 2.29. The van der Waals surface area contributed by atoms with E-state index in [1.165, 1.54) is 18.1 Å². The molecule has 0 radical (unpaired) electrons. The molecule has 1 amide bonds.